The summed E-state index contributed by atoms with van der Waals surface area (Å²) < 4.78 is 13.4. The SMILES string of the molecule is C=CCS(=O)N(C)CCc1ccccc1. The van der Waals surface area contributed by atoms with Crippen molar-refractivity contribution in [3.05, 3.63) is 48.6 Å². The number of hydrogen-bond acceptors (Lipinski definition) is 1. The van der Waals surface area contributed by atoms with Gasteiger partial charge in [0, 0.05) is 6.54 Å². The summed E-state index contributed by atoms with van der Waals surface area (Å²) in [5.74, 6) is 0.533. The highest BCUT2D eigenvalue weighted by molar-refractivity contribution is 7.82. The molecule has 1 aromatic carbocycles. The van der Waals surface area contributed by atoms with Gasteiger partial charge in [-0.15, -0.1) is 6.58 Å². The summed E-state index contributed by atoms with van der Waals surface area (Å²) in [6.45, 7) is 4.39. The maximum absolute atomic E-state index is 11.5. The Morgan fingerprint density at radius 1 is 1.40 bits per heavy atom. The monoisotopic (exact) mass is 223 g/mol. The topological polar surface area (TPSA) is 20.3 Å². The van der Waals surface area contributed by atoms with E-state index >= 15 is 0 Å². The van der Waals surface area contributed by atoms with Gasteiger partial charge in [0.05, 0.1) is 16.7 Å². The third-order valence-electron chi connectivity index (χ3n) is 2.17. The van der Waals surface area contributed by atoms with Gasteiger partial charge in [-0.25, -0.2) is 8.51 Å². The molecule has 1 rings (SSSR count). The Morgan fingerprint density at radius 3 is 2.67 bits per heavy atom. The molecule has 0 saturated heterocycles. The highest BCUT2D eigenvalue weighted by Gasteiger charge is 2.05. The lowest BCUT2D eigenvalue weighted by Crippen LogP contribution is -2.25. The first kappa shape index (κ1) is 12.1. The molecule has 0 saturated carbocycles. The molecule has 0 N–H and O–H groups in total. The first-order valence-corrected chi connectivity index (χ1v) is 6.26. The Kier molecular flexibility index (Phi) is 5.29. The molecule has 15 heavy (non-hydrogen) atoms. The minimum atomic E-state index is -0.923. The van der Waals surface area contributed by atoms with Crippen LogP contribution >= 0.6 is 0 Å². The summed E-state index contributed by atoms with van der Waals surface area (Å²) >= 11 is 0. The minimum Gasteiger partial charge on any atom is -0.242 e. The van der Waals surface area contributed by atoms with E-state index in [0.717, 1.165) is 13.0 Å². The van der Waals surface area contributed by atoms with Gasteiger partial charge >= 0.3 is 0 Å². The molecule has 1 unspecified atom stereocenters. The molecule has 0 radical (unpaired) electrons. The standard InChI is InChI=1S/C12H17NOS/c1-3-11-15(14)13(2)10-9-12-7-5-4-6-8-12/h3-8H,1,9-11H2,2H3. The molecule has 1 atom stereocenters. The first-order chi connectivity index (χ1) is 7.24. The quantitative estimate of drug-likeness (QED) is 0.676. The van der Waals surface area contributed by atoms with E-state index in [4.69, 9.17) is 0 Å². The van der Waals surface area contributed by atoms with Crippen LogP contribution in [0.5, 0.6) is 0 Å². The average molecular weight is 223 g/mol. The average Bonchev–Trinajstić information content (AvgIpc) is 2.27. The largest absolute Gasteiger partial charge is 0.242 e. The molecule has 0 aliphatic carbocycles. The predicted molar refractivity (Wildman–Crippen MR) is 66.0 cm³/mol. The molecule has 2 nitrogen and oxygen atoms in total. The van der Waals surface area contributed by atoms with E-state index in [-0.39, 0.29) is 0 Å². The van der Waals surface area contributed by atoms with Crippen LogP contribution in [0.25, 0.3) is 0 Å². The number of hydrogen-bond donors (Lipinski definition) is 0. The second kappa shape index (κ2) is 6.53. The Bertz CT molecular complexity index is 324. The van der Waals surface area contributed by atoms with E-state index < -0.39 is 11.0 Å². The molecule has 1 aromatic rings. The number of nitrogens with zero attached hydrogens (tertiary/aromatic N) is 1. The van der Waals surface area contributed by atoms with Gasteiger partial charge < -0.3 is 0 Å². The van der Waals surface area contributed by atoms with Gasteiger partial charge in [-0.1, -0.05) is 36.4 Å². The minimum absolute atomic E-state index is 0.533. The van der Waals surface area contributed by atoms with Crippen LogP contribution in [-0.2, 0) is 17.4 Å². The molecule has 0 aliphatic rings. The predicted octanol–water partition coefficient (Wildman–Crippen LogP) is 2.01. The third kappa shape index (κ3) is 4.40. The van der Waals surface area contributed by atoms with Gasteiger partial charge in [0.25, 0.3) is 0 Å². The van der Waals surface area contributed by atoms with Gasteiger partial charge in [0.1, 0.15) is 0 Å². The molecule has 0 bridgehead atoms. The molecule has 0 spiro atoms. The molecule has 0 aliphatic heterocycles. The molecular weight excluding hydrogens is 206 g/mol. The lowest BCUT2D eigenvalue weighted by atomic mass is 10.2. The second-order valence-electron chi connectivity index (χ2n) is 3.36. The summed E-state index contributed by atoms with van der Waals surface area (Å²) in [5, 5.41) is 0. The zero-order valence-electron chi connectivity index (χ0n) is 9.06. The fourth-order valence-electron chi connectivity index (χ4n) is 1.26. The van der Waals surface area contributed by atoms with Crippen LogP contribution in [-0.4, -0.2) is 27.9 Å². The number of benzene rings is 1. The van der Waals surface area contributed by atoms with Crippen molar-refractivity contribution in [1.82, 2.24) is 4.31 Å². The summed E-state index contributed by atoms with van der Waals surface area (Å²) in [5.41, 5.74) is 1.28. The van der Waals surface area contributed by atoms with Crippen molar-refractivity contribution in [1.29, 1.82) is 0 Å². The highest BCUT2D eigenvalue weighted by Crippen LogP contribution is 2.01. The Labute approximate surface area is 94.2 Å². The van der Waals surface area contributed by atoms with Gasteiger partial charge in [-0.3, -0.25) is 0 Å². The Hall–Kier alpha value is -0.930. The highest BCUT2D eigenvalue weighted by atomic mass is 32.2. The fraction of sp³-hybridized carbons (Fsp3) is 0.333. The van der Waals surface area contributed by atoms with Crippen LogP contribution < -0.4 is 0 Å². The zero-order valence-corrected chi connectivity index (χ0v) is 9.87. The zero-order chi connectivity index (χ0) is 11.1. The Balaban J connectivity index is 2.37. The molecule has 3 heteroatoms. The molecular formula is C12H17NOS. The summed E-state index contributed by atoms with van der Waals surface area (Å²) in [4.78, 5) is 0. The maximum atomic E-state index is 11.5. The summed E-state index contributed by atoms with van der Waals surface area (Å²) in [7, 11) is 0.954. The lowest BCUT2D eigenvalue weighted by Gasteiger charge is -2.14. The van der Waals surface area contributed by atoms with Crippen LogP contribution in [0.15, 0.2) is 43.0 Å². The van der Waals surface area contributed by atoms with E-state index in [2.05, 4.69) is 18.7 Å². The normalized spacial score (nSPS) is 12.7. The number of likely N-dealkylation sites (N-methyl/N-ethyl adjacent to an activating group) is 1. The van der Waals surface area contributed by atoms with Gasteiger partial charge in [0.2, 0.25) is 0 Å². The summed E-state index contributed by atoms with van der Waals surface area (Å²) in [6, 6.07) is 10.2. The van der Waals surface area contributed by atoms with Crippen LogP contribution in [0.3, 0.4) is 0 Å². The van der Waals surface area contributed by atoms with E-state index in [0.29, 0.717) is 5.75 Å². The van der Waals surface area contributed by atoms with Crippen molar-refractivity contribution in [2.24, 2.45) is 0 Å². The van der Waals surface area contributed by atoms with E-state index in [9.17, 15) is 4.21 Å². The number of rotatable bonds is 6. The van der Waals surface area contributed by atoms with Gasteiger partial charge in [-0.05, 0) is 19.0 Å². The van der Waals surface area contributed by atoms with E-state index in [1.54, 1.807) is 6.08 Å². The molecule has 0 heterocycles. The van der Waals surface area contributed by atoms with Crippen molar-refractivity contribution < 1.29 is 4.21 Å². The lowest BCUT2D eigenvalue weighted by molar-refractivity contribution is 0.527. The van der Waals surface area contributed by atoms with Crippen molar-refractivity contribution >= 4 is 11.0 Å². The third-order valence-corrected chi connectivity index (χ3v) is 3.56. The Morgan fingerprint density at radius 2 is 2.07 bits per heavy atom. The first-order valence-electron chi connectivity index (χ1n) is 4.98. The van der Waals surface area contributed by atoms with Crippen LogP contribution in [0.1, 0.15) is 5.56 Å². The van der Waals surface area contributed by atoms with Crippen LogP contribution in [0, 0.1) is 0 Å². The summed E-state index contributed by atoms with van der Waals surface area (Å²) in [6.07, 6.45) is 2.62. The van der Waals surface area contributed by atoms with Crippen molar-refractivity contribution in [3.8, 4) is 0 Å². The van der Waals surface area contributed by atoms with E-state index in [1.807, 2.05) is 29.6 Å². The molecule has 82 valence electrons. The maximum Gasteiger partial charge on any atom is 0.0978 e. The van der Waals surface area contributed by atoms with E-state index in [1.165, 1.54) is 5.56 Å². The molecule has 0 aromatic heterocycles. The van der Waals surface area contributed by atoms with Crippen LogP contribution in [0.4, 0.5) is 0 Å². The molecule has 0 amide bonds. The van der Waals surface area contributed by atoms with Crippen LogP contribution in [0.2, 0.25) is 0 Å². The van der Waals surface area contributed by atoms with Crippen molar-refractivity contribution in [2.75, 3.05) is 19.3 Å². The van der Waals surface area contributed by atoms with Gasteiger partial charge in [-0.2, -0.15) is 0 Å². The molecule has 0 fully saturated rings. The van der Waals surface area contributed by atoms with Crippen molar-refractivity contribution in [2.45, 2.75) is 6.42 Å². The fourth-order valence-corrected chi connectivity index (χ4v) is 2.01. The smallest absolute Gasteiger partial charge is 0.0978 e. The van der Waals surface area contributed by atoms with Gasteiger partial charge in [0.15, 0.2) is 0 Å². The second-order valence-corrected chi connectivity index (χ2v) is 4.96. The van der Waals surface area contributed by atoms with Crippen molar-refractivity contribution in [3.63, 3.8) is 0 Å².